The smallest absolute Gasteiger partial charge is 0.341 e. The Bertz CT molecular complexity index is 499. The zero-order chi connectivity index (χ0) is 14.2. The maximum atomic E-state index is 14.4. The summed E-state index contributed by atoms with van der Waals surface area (Å²) in [6.07, 6.45) is 1.81. The van der Waals surface area contributed by atoms with Crippen LogP contribution in [0.2, 0.25) is 0 Å². The average Bonchev–Trinajstić information content (AvgIpc) is 3.09. The lowest BCUT2D eigenvalue weighted by Gasteiger charge is -2.20. The molecule has 19 heavy (non-hydrogen) atoms. The molecule has 1 aromatic rings. The van der Waals surface area contributed by atoms with Gasteiger partial charge in [0, 0.05) is 0 Å². The molecule has 1 fully saturated rings. The normalized spacial score (nSPS) is 15.4. The minimum absolute atomic E-state index is 0.0472. The number of halogens is 1. The van der Waals surface area contributed by atoms with Crippen molar-refractivity contribution >= 4 is 5.97 Å². The maximum Gasteiger partial charge on any atom is 0.341 e. The molecule has 1 aliphatic rings. The lowest BCUT2D eigenvalue weighted by Crippen LogP contribution is -2.24. The molecule has 104 valence electrons. The van der Waals surface area contributed by atoms with Crippen molar-refractivity contribution in [2.45, 2.75) is 51.7 Å². The van der Waals surface area contributed by atoms with Gasteiger partial charge in [0.1, 0.15) is 11.4 Å². The fourth-order valence-electron chi connectivity index (χ4n) is 2.07. The Balaban J connectivity index is 2.37. The highest BCUT2D eigenvalue weighted by atomic mass is 19.1. The number of benzene rings is 1. The van der Waals surface area contributed by atoms with Crippen LogP contribution in [0.4, 0.5) is 4.39 Å². The molecule has 0 aliphatic heterocycles. The van der Waals surface area contributed by atoms with Crippen molar-refractivity contribution in [1.29, 1.82) is 0 Å². The van der Waals surface area contributed by atoms with Crippen molar-refractivity contribution in [2.24, 2.45) is 0 Å². The Hall–Kier alpha value is -1.42. The van der Waals surface area contributed by atoms with Crippen molar-refractivity contribution in [3.8, 4) is 0 Å². The number of aliphatic hydroxyl groups is 1. The highest BCUT2D eigenvalue weighted by Crippen LogP contribution is 2.43. The van der Waals surface area contributed by atoms with Gasteiger partial charge in [0.05, 0.1) is 12.2 Å². The monoisotopic (exact) mass is 266 g/mol. The van der Waals surface area contributed by atoms with Crippen LogP contribution in [0.25, 0.3) is 0 Å². The van der Waals surface area contributed by atoms with E-state index in [9.17, 15) is 14.3 Å². The van der Waals surface area contributed by atoms with E-state index >= 15 is 0 Å². The van der Waals surface area contributed by atoms with Crippen LogP contribution in [-0.4, -0.2) is 16.7 Å². The van der Waals surface area contributed by atoms with Crippen LogP contribution in [0.5, 0.6) is 0 Å². The largest absolute Gasteiger partial charge is 0.456 e. The van der Waals surface area contributed by atoms with Gasteiger partial charge in [-0.15, -0.1) is 0 Å². The molecule has 0 spiro atoms. The number of aliphatic hydroxyl groups excluding tert-OH is 1. The van der Waals surface area contributed by atoms with E-state index in [1.165, 1.54) is 6.07 Å². The predicted molar refractivity (Wildman–Crippen MR) is 69.5 cm³/mol. The minimum atomic E-state index is -0.656. The summed E-state index contributed by atoms with van der Waals surface area (Å²) in [6, 6.07) is 3.00. The summed E-state index contributed by atoms with van der Waals surface area (Å²) in [7, 11) is 0. The molecule has 0 saturated heterocycles. The lowest BCUT2D eigenvalue weighted by molar-refractivity contribution is 0.00643. The van der Waals surface area contributed by atoms with E-state index in [1.807, 2.05) is 0 Å². The average molecular weight is 266 g/mol. The number of hydrogen-bond donors (Lipinski definition) is 1. The molecule has 0 heterocycles. The molecular weight excluding hydrogens is 247 g/mol. The Morgan fingerprint density at radius 2 is 2.05 bits per heavy atom. The molecule has 1 N–H and O–H groups in total. The SMILES string of the molecule is CC(C)(C)OC(=O)c1ccc(CO)c(C2CC2)c1F. The first kappa shape index (κ1) is 14.0. The zero-order valence-electron chi connectivity index (χ0n) is 11.5. The number of hydrogen-bond acceptors (Lipinski definition) is 3. The van der Waals surface area contributed by atoms with Gasteiger partial charge in [0.25, 0.3) is 0 Å². The first-order chi connectivity index (χ1) is 8.83. The second-order valence-electron chi connectivity index (χ2n) is 5.93. The quantitative estimate of drug-likeness (QED) is 0.855. The third kappa shape index (κ3) is 3.13. The molecule has 1 aromatic carbocycles. The second kappa shape index (κ2) is 4.93. The minimum Gasteiger partial charge on any atom is -0.456 e. The van der Waals surface area contributed by atoms with Gasteiger partial charge in [-0.3, -0.25) is 0 Å². The van der Waals surface area contributed by atoms with E-state index in [2.05, 4.69) is 0 Å². The summed E-state index contributed by atoms with van der Waals surface area (Å²) < 4.78 is 19.6. The van der Waals surface area contributed by atoms with Crippen LogP contribution in [0.15, 0.2) is 12.1 Å². The van der Waals surface area contributed by atoms with Gasteiger partial charge in [-0.2, -0.15) is 0 Å². The Morgan fingerprint density at radius 1 is 1.42 bits per heavy atom. The van der Waals surface area contributed by atoms with E-state index < -0.39 is 17.4 Å². The van der Waals surface area contributed by atoms with Crippen molar-refractivity contribution < 1.29 is 19.0 Å². The summed E-state index contributed by atoms with van der Waals surface area (Å²) in [5.41, 5.74) is 0.339. The van der Waals surface area contributed by atoms with Crippen LogP contribution < -0.4 is 0 Å². The van der Waals surface area contributed by atoms with Crippen molar-refractivity contribution in [3.05, 3.63) is 34.6 Å². The van der Waals surface area contributed by atoms with Crippen molar-refractivity contribution in [3.63, 3.8) is 0 Å². The second-order valence-corrected chi connectivity index (χ2v) is 5.93. The van der Waals surface area contributed by atoms with Crippen LogP contribution >= 0.6 is 0 Å². The Morgan fingerprint density at radius 3 is 2.53 bits per heavy atom. The van der Waals surface area contributed by atoms with Crippen molar-refractivity contribution in [1.82, 2.24) is 0 Å². The summed E-state index contributed by atoms with van der Waals surface area (Å²) in [5.74, 6) is -1.07. The topological polar surface area (TPSA) is 46.5 Å². The van der Waals surface area contributed by atoms with Crippen molar-refractivity contribution in [2.75, 3.05) is 0 Å². The first-order valence-corrected chi connectivity index (χ1v) is 6.49. The van der Waals surface area contributed by atoms with Crippen LogP contribution in [0.3, 0.4) is 0 Å². The predicted octanol–water partition coefficient (Wildman–Crippen LogP) is 3.15. The van der Waals surface area contributed by atoms with Gasteiger partial charge in [0.15, 0.2) is 0 Å². The first-order valence-electron chi connectivity index (χ1n) is 6.49. The number of rotatable bonds is 3. The third-order valence-corrected chi connectivity index (χ3v) is 3.04. The molecule has 0 unspecified atom stereocenters. The molecule has 3 nitrogen and oxygen atoms in total. The summed E-state index contributed by atoms with van der Waals surface area (Å²) >= 11 is 0. The molecule has 0 amide bonds. The highest BCUT2D eigenvalue weighted by molar-refractivity contribution is 5.90. The highest BCUT2D eigenvalue weighted by Gasteiger charge is 2.32. The van der Waals surface area contributed by atoms with E-state index in [1.54, 1.807) is 26.8 Å². The molecule has 1 aliphatic carbocycles. The zero-order valence-corrected chi connectivity index (χ0v) is 11.5. The standard InChI is InChI=1S/C15H19FO3/c1-15(2,3)19-14(18)11-7-6-10(8-17)12(13(11)16)9-4-5-9/h6-7,9,17H,4-5,8H2,1-3H3. The van der Waals surface area contributed by atoms with Gasteiger partial charge in [-0.25, -0.2) is 9.18 Å². The van der Waals surface area contributed by atoms with Gasteiger partial charge < -0.3 is 9.84 Å². The summed E-state index contributed by atoms with van der Waals surface area (Å²) in [6.45, 7) is 5.02. The molecule has 2 rings (SSSR count). The number of esters is 1. The number of carbonyl (C=O) groups is 1. The fraction of sp³-hybridized carbons (Fsp3) is 0.533. The Labute approximate surface area is 112 Å². The molecular formula is C15H19FO3. The Kier molecular flexibility index (Phi) is 3.63. The summed E-state index contributed by atoms with van der Waals surface area (Å²) in [5, 5.41) is 9.25. The third-order valence-electron chi connectivity index (χ3n) is 3.04. The lowest BCUT2D eigenvalue weighted by atomic mass is 9.99. The molecule has 4 heteroatoms. The van der Waals surface area contributed by atoms with E-state index in [-0.39, 0.29) is 18.1 Å². The van der Waals surface area contributed by atoms with E-state index in [0.29, 0.717) is 11.1 Å². The van der Waals surface area contributed by atoms with Gasteiger partial charge in [-0.1, -0.05) is 6.07 Å². The fourth-order valence-corrected chi connectivity index (χ4v) is 2.07. The summed E-state index contributed by atoms with van der Waals surface area (Å²) in [4.78, 5) is 12.0. The molecule has 0 bridgehead atoms. The maximum absolute atomic E-state index is 14.4. The van der Waals surface area contributed by atoms with Crippen LogP contribution in [0, 0.1) is 5.82 Å². The van der Waals surface area contributed by atoms with E-state index in [4.69, 9.17) is 4.74 Å². The molecule has 0 aromatic heterocycles. The van der Waals surface area contributed by atoms with Crippen LogP contribution in [0.1, 0.15) is 61.0 Å². The van der Waals surface area contributed by atoms with Gasteiger partial charge in [0.2, 0.25) is 0 Å². The molecule has 0 atom stereocenters. The molecule has 1 saturated carbocycles. The number of ether oxygens (including phenoxy) is 1. The van der Waals surface area contributed by atoms with Crippen LogP contribution in [-0.2, 0) is 11.3 Å². The van der Waals surface area contributed by atoms with Gasteiger partial charge in [-0.05, 0) is 56.7 Å². The molecule has 0 radical (unpaired) electrons. The number of carbonyl (C=O) groups excluding carboxylic acids is 1. The van der Waals surface area contributed by atoms with Gasteiger partial charge >= 0.3 is 5.97 Å². The van der Waals surface area contributed by atoms with E-state index in [0.717, 1.165) is 12.8 Å².